The molecule has 0 radical (unpaired) electrons. The summed E-state index contributed by atoms with van der Waals surface area (Å²) < 4.78 is 10.5. The number of benzene rings is 1. The van der Waals surface area contributed by atoms with Crippen molar-refractivity contribution in [1.82, 2.24) is 20.4 Å². The number of carbonyl (C=O) groups excluding carboxylic acids is 2. The Kier molecular flexibility index (Phi) is 8.77. The Morgan fingerprint density at radius 1 is 1.00 bits per heavy atom. The zero-order valence-electron chi connectivity index (χ0n) is 16.7. The Morgan fingerprint density at radius 3 is 2.11 bits per heavy atom. The van der Waals surface area contributed by atoms with Gasteiger partial charge in [0.15, 0.2) is 11.5 Å². The number of methoxy groups -OCH3 is 2. The van der Waals surface area contributed by atoms with Crippen LogP contribution in [0, 0.1) is 0 Å². The van der Waals surface area contributed by atoms with Gasteiger partial charge in [-0.3, -0.25) is 19.4 Å². The molecule has 2 N–H and O–H groups in total. The smallest absolute Gasteiger partial charge is 0.234 e. The molecule has 0 aliphatic carbocycles. The van der Waals surface area contributed by atoms with Crippen LogP contribution in [0.4, 0.5) is 0 Å². The third-order valence-electron chi connectivity index (χ3n) is 4.58. The molecule has 0 atom stereocenters. The quantitative estimate of drug-likeness (QED) is 0.557. The maximum atomic E-state index is 12.2. The number of nitrogens with one attached hydrogen (secondary N) is 2. The number of nitrogens with zero attached hydrogens (tertiary/aromatic N) is 2. The Morgan fingerprint density at radius 2 is 1.57 bits per heavy atom. The van der Waals surface area contributed by atoms with Crippen molar-refractivity contribution in [3.63, 3.8) is 0 Å². The highest BCUT2D eigenvalue weighted by Gasteiger charge is 2.20. The fourth-order valence-corrected chi connectivity index (χ4v) is 3.00. The first-order valence-corrected chi connectivity index (χ1v) is 9.35. The molecule has 0 unspecified atom stereocenters. The lowest BCUT2D eigenvalue weighted by Gasteiger charge is -2.33. The van der Waals surface area contributed by atoms with Crippen molar-refractivity contribution in [2.75, 3.05) is 60.0 Å². The summed E-state index contributed by atoms with van der Waals surface area (Å²) in [6, 6.07) is 5.58. The predicted molar refractivity (Wildman–Crippen MR) is 107 cm³/mol. The number of piperazine rings is 1. The number of amides is 2. The Labute approximate surface area is 166 Å². The van der Waals surface area contributed by atoms with E-state index in [9.17, 15) is 9.59 Å². The van der Waals surface area contributed by atoms with Crippen molar-refractivity contribution >= 4 is 11.8 Å². The molecule has 0 saturated carbocycles. The topological polar surface area (TPSA) is 83.1 Å². The second kappa shape index (κ2) is 11.3. The molecule has 28 heavy (non-hydrogen) atoms. The lowest BCUT2D eigenvalue weighted by molar-refractivity contribution is -0.125. The summed E-state index contributed by atoms with van der Waals surface area (Å²) in [7, 11) is 3.18. The molecule has 0 aromatic heterocycles. The molecule has 1 aliphatic rings. The first-order valence-electron chi connectivity index (χ1n) is 9.35. The van der Waals surface area contributed by atoms with Gasteiger partial charge in [0.1, 0.15) is 0 Å². The fourth-order valence-electron chi connectivity index (χ4n) is 3.00. The van der Waals surface area contributed by atoms with Gasteiger partial charge in [-0.2, -0.15) is 0 Å². The molecule has 0 bridgehead atoms. The maximum absolute atomic E-state index is 12.2. The van der Waals surface area contributed by atoms with Crippen LogP contribution in [0.15, 0.2) is 30.9 Å². The standard InChI is InChI=1S/C20H30N4O4/c1-4-7-21-19(25)14-23-8-10-24(11-9-23)15-20(26)22-13-16-5-6-17(27-2)18(12-16)28-3/h4-6,12H,1,7-11,13-15H2,2-3H3,(H,21,25)(H,22,26). The van der Waals surface area contributed by atoms with E-state index in [1.807, 2.05) is 18.2 Å². The molecule has 1 aliphatic heterocycles. The van der Waals surface area contributed by atoms with Crippen LogP contribution < -0.4 is 20.1 Å². The predicted octanol–water partition coefficient (Wildman–Crippen LogP) is 0.240. The van der Waals surface area contributed by atoms with E-state index in [1.54, 1.807) is 20.3 Å². The van der Waals surface area contributed by atoms with Gasteiger partial charge in [0, 0.05) is 39.3 Å². The van der Waals surface area contributed by atoms with Gasteiger partial charge in [-0.05, 0) is 17.7 Å². The van der Waals surface area contributed by atoms with Gasteiger partial charge < -0.3 is 20.1 Å². The van der Waals surface area contributed by atoms with Gasteiger partial charge in [0.05, 0.1) is 27.3 Å². The largest absolute Gasteiger partial charge is 0.493 e. The first kappa shape index (κ1) is 21.7. The highest BCUT2D eigenvalue weighted by molar-refractivity contribution is 5.78. The van der Waals surface area contributed by atoms with Crippen molar-refractivity contribution < 1.29 is 19.1 Å². The van der Waals surface area contributed by atoms with Gasteiger partial charge in [0.25, 0.3) is 0 Å². The minimum absolute atomic E-state index is 0.000938. The third kappa shape index (κ3) is 6.86. The van der Waals surface area contributed by atoms with Crippen LogP contribution in [0.1, 0.15) is 5.56 Å². The van der Waals surface area contributed by atoms with Crippen LogP contribution in [0.5, 0.6) is 11.5 Å². The van der Waals surface area contributed by atoms with E-state index in [1.165, 1.54) is 0 Å². The summed E-state index contributed by atoms with van der Waals surface area (Å²) in [5, 5.41) is 5.72. The van der Waals surface area contributed by atoms with Crippen LogP contribution in [-0.2, 0) is 16.1 Å². The van der Waals surface area contributed by atoms with Crippen LogP contribution in [-0.4, -0.2) is 81.6 Å². The van der Waals surface area contributed by atoms with Gasteiger partial charge in [-0.25, -0.2) is 0 Å². The van der Waals surface area contributed by atoms with E-state index in [4.69, 9.17) is 9.47 Å². The molecule has 2 amide bonds. The maximum Gasteiger partial charge on any atom is 0.234 e. The molecule has 1 fully saturated rings. The van der Waals surface area contributed by atoms with Crippen molar-refractivity contribution in [1.29, 1.82) is 0 Å². The van der Waals surface area contributed by atoms with Crippen LogP contribution in [0.25, 0.3) is 0 Å². The molecule has 1 saturated heterocycles. The highest BCUT2D eigenvalue weighted by Crippen LogP contribution is 2.27. The van der Waals surface area contributed by atoms with E-state index in [0.717, 1.165) is 31.7 Å². The summed E-state index contributed by atoms with van der Waals surface area (Å²) >= 11 is 0. The van der Waals surface area contributed by atoms with E-state index < -0.39 is 0 Å². The summed E-state index contributed by atoms with van der Waals surface area (Å²) in [6.07, 6.45) is 1.66. The summed E-state index contributed by atoms with van der Waals surface area (Å²) in [4.78, 5) is 28.2. The summed E-state index contributed by atoms with van der Waals surface area (Å²) in [5.74, 6) is 1.28. The molecular formula is C20H30N4O4. The second-order valence-corrected chi connectivity index (χ2v) is 6.61. The molecular weight excluding hydrogens is 360 g/mol. The summed E-state index contributed by atoms with van der Waals surface area (Å²) in [6.45, 7) is 8.30. The molecule has 0 spiro atoms. The first-order chi connectivity index (χ1) is 13.5. The molecule has 1 aromatic rings. The average molecular weight is 390 g/mol. The zero-order valence-corrected chi connectivity index (χ0v) is 16.7. The highest BCUT2D eigenvalue weighted by atomic mass is 16.5. The van der Waals surface area contributed by atoms with E-state index >= 15 is 0 Å². The van der Waals surface area contributed by atoms with Crippen molar-refractivity contribution in [3.05, 3.63) is 36.4 Å². The van der Waals surface area contributed by atoms with E-state index in [0.29, 0.717) is 37.7 Å². The Balaban J connectivity index is 1.70. The van der Waals surface area contributed by atoms with E-state index in [2.05, 4.69) is 27.0 Å². The third-order valence-corrected chi connectivity index (χ3v) is 4.58. The molecule has 8 nitrogen and oxygen atoms in total. The Bertz CT molecular complexity index is 672. The lowest BCUT2D eigenvalue weighted by atomic mass is 10.2. The molecule has 1 aromatic carbocycles. The Hall–Kier alpha value is -2.58. The number of ether oxygens (including phenoxy) is 2. The van der Waals surface area contributed by atoms with E-state index in [-0.39, 0.29) is 11.8 Å². The minimum atomic E-state index is -0.0213. The van der Waals surface area contributed by atoms with Crippen LogP contribution in [0.2, 0.25) is 0 Å². The number of hydrogen-bond donors (Lipinski definition) is 2. The lowest BCUT2D eigenvalue weighted by Crippen LogP contribution is -2.51. The molecule has 1 heterocycles. The SMILES string of the molecule is C=CCNC(=O)CN1CCN(CC(=O)NCc2ccc(OC)c(OC)c2)CC1. The number of rotatable bonds is 10. The summed E-state index contributed by atoms with van der Waals surface area (Å²) in [5.41, 5.74) is 0.946. The average Bonchev–Trinajstić information content (AvgIpc) is 2.71. The van der Waals surface area contributed by atoms with Crippen molar-refractivity contribution in [2.24, 2.45) is 0 Å². The van der Waals surface area contributed by atoms with Crippen LogP contribution >= 0.6 is 0 Å². The molecule has 2 rings (SSSR count). The van der Waals surface area contributed by atoms with Gasteiger partial charge >= 0.3 is 0 Å². The normalized spacial score (nSPS) is 14.9. The molecule has 154 valence electrons. The fraction of sp³-hybridized carbons (Fsp3) is 0.500. The second-order valence-electron chi connectivity index (χ2n) is 6.61. The number of carbonyl (C=O) groups is 2. The monoisotopic (exact) mass is 390 g/mol. The van der Waals surface area contributed by atoms with Crippen molar-refractivity contribution in [2.45, 2.75) is 6.54 Å². The number of hydrogen-bond acceptors (Lipinski definition) is 6. The molecule has 8 heteroatoms. The van der Waals surface area contributed by atoms with Crippen molar-refractivity contribution in [3.8, 4) is 11.5 Å². The van der Waals surface area contributed by atoms with Crippen LogP contribution in [0.3, 0.4) is 0 Å². The van der Waals surface area contributed by atoms with Gasteiger partial charge in [0.2, 0.25) is 11.8 Å². The minimum Gasteiger partial charge on any atom is -0.493 e. The van der Waals surface area contributed by atoms with Gasteiger partial charge in [-0.1, -0.05) is 12.1 Å². The zero-order chi connectivity index (χ0) is 20.4. The van der Waals surface area contributed by atoms with Gasteiger partial charge in [-0.15, -0.1) is 6.58 Å².